The Morgan fingerprint density at radius 1 is 1.12 bits per heavy atom. The summed E-state index contributed by atoms with van der Waals surface area (Å²) >= 11 is 0. The molecule has 1 aromatic carbocycles. The molecule has 0 radical (unpaired) electrons. The molecule has 1 aliphatic carbocycles. The molecule has 2 fully saturated rings. The summed E-state index contributed by atoms with van der Waals surface area (Å²) in [6.45, 7) is 1.45. The molecule has 1 heterocycles. The summed E-state index contributed by atoms with van der Waals surface area (Å²) in [5.74, 6) is -0.114. The number of nitrogens with zero attached hydrogens (tertiary/aromatic N) is 1. The first-order valence-electron chi connectivity index (χ1n) is 8.09. The molecular formula is C16H24ClN3O3S. The number of carbonyl (C=O) groups excluding carboxylic acids is 1. The van der Waals surface area contributed by atoms with E-state index in [-0.39, 0.29) is 29.6 Å². The number of nitrogens with one attached hydrogen (secondary N) is 1. The number of halogens is 1. The maximum Gasteiger partial charge on any atom is 0.251 e. The Kier molecular flexibility index (Phi) is 6.25. The molecule has 6 nitrogen and oxygen atoms in total. The van der Waals surface area contributed by atoms with Gasteiger partial charge in [0.05, 0.1) is 5.25 Å². The van der Waals surface area contributed by atoms with Gasteiger partial charge >= 0.3 is 0 Å². The van der Waals surface area contributed by atoms with Crippen LogP contribution in [0.4, 0.5) is 0 Å². The van der Waals surface area contributed by atoms with Crippen molar-refractivity contribution in [1.82, 2.24) is 9.62 Å². The first kappa shape index (κ1) is 19.2. The third-order valence-electron chi connectivity index (χ3n) is 4.55. The molecule has 3 N–H and O–H groups in total. The lowest BCUT2D eigenvalue weighted by molar-refractivity contribution is 0.0924. The average Bonchev–Trinajstić information content (AvgIpc) is 3.41. The summed E-state index contributed by atoms with van der Waals surface area (Å²) in [6.07, 6.45) is 2.91. The van der Waals surface area contributed by atoms with Gasteiger partial charge in [-0.15, -0.1) is 12.4 Å². The van der Waals surface area contributed by atoms with E-state index >= 15 is 0 Å². The SMILES string of the molecule is Cl.NCc1ccc(C(=O)NC2CCN(S(=O)(=O)C3CC3)CC2)cc1. The Hall–Kier alpha value is -1.15. The van der Waals surface area contributed by atoms with Crippen LogP contribution >= 0.6 is 12.4 Å². The van der Waals surface area contributed by atoms with E-state index < -0.39 is 10.0 Å². The van der Waals surface area contributed by atoms with Crippen molar-refractivity contribution in [1.29, 1.82) is 0 Å². The fraction of sp³-hybridized carbons (Fsp3) is 0.562. The monoisotopic (exact) mass is 373 g/mol. The van der Waals surface area contributed by atoms with Gasteiger partial charge in [0.1, 0.15) is 0 Å². The normalized spacial score (nSPS) is 19.5. The third-order valence-corrected chi connectivity index (χ3v) is 6.95. The van der Waals surface area contributed by atoms with E-state index in [0.29, 0.717) is 38.0 Å². The smallest absolute Gasteiger partial charge is 0.251 e. The van der Waals surface area contributed by atoms with Crippen LogP contribution in [0.2, 0.25) is 0 Å². The first-order chi connectivity index (χ1) is 11.0. The number of amides is 1. The summed E-state index contributed by atoms with van der Waals surface area (Å²) in [5, 5.41) is 2.84. The zero-order valence-electron chi connectivity index (χ0n) is 13.5. The molecule has 0 unspecified atom stereocenters. The van der Waals surface area contributed by atoms with Crippen molar-refractivity contribution in [2.24, 2.45) is 5.73 Å². The zero-order chi connectivity index (χ0) is 16.4. The number of sulfonamides is 1. The molecule has 1 aliphatic heterocycles. The number of piperidine rings is 1. The molecule has 1 saturated heterocycles. The van der Waals surface area contributed by atoms with Gasteiger partial charge in [0.25, 0.3) is 5.91 Å². The van der Waals surface area contributed by atoms with Crippen molar-refractivity contribution in [3.8, 4) is 0 Å². The molecule has 24 heavy (non-hydrogen) atoms. The van der Waals surface area contributed by atoms with Crippen molar-refractivity contribution in [3.63, 3.8) is 0 Å². The molecule has 0 aromatic heterocycles. The van der Waals surface area contributed by atoms with E-state index in [1.54, 1.807) is 16.4 Å². The van der Waals surface area contributed by atoms with E-state index in [4.69, 9.17) is 5.73 Å². The topological polar surface area (TPSA) is 92.5 Å². The average molecular weight is 374 g/mol. The summed E-state index contributed by atoms with van der Waals surface area (Å²) in [6, 6.07) is 7.26. The highest BCUT2D eigenvalue weighted by Crippen LogP contribution is 2.32. The van der Waals surface area contributed by atoms with E-state index in [0.717, 1.165) is 18.4 Å². The van der Waals surface area contributed by atoms with Crippen LogP contribution in [0.15, 0.2) is 24.3 Å². The Balaban J connectivity index is 0.00000208. The fourth-order valence-electron chi connectivity index (χ4n) is 2.89. The van der Waals surface area contributed by atoms with E-state index in [2.05, 4.69) is 5.32 Å². The van der Waals surface area contributed by atoms with E-state index in [1.165, 1.54) is 0 Å². The van der Waals surface area contributed by atoms with Crippen LogP contribution < -0.4 is 11.1 Å². The van der Waals surface area contributed by atoms with Crippen molar-refractivity contribution < 1.29 is 13.2 Å². The Labute approximate surface area is 149 Å². The predicted octanol–water partition coefficient (Wildman–Crippen LogP) is 1.25. The van der Waals surface area contributed by atoms with Crippen LogP contribution in [0.25, 0.3) is 0 Å². The Morgan fingerprint density at radius 3 is 2.21 bits per heavy atom. The lowest BCUT2D eigenvalue weighted by Gasteiger charge is -2.31. The molecule has 0 spiro atoms. The van der Waals surface area contributed by atoms with Crippen LogP contribution in [-0.2, 0) is 16.6 Å². The van der Waals surface area contributed by atoms with Crippen LogP contribution in [0.1, 0.15) is 41.6 Å². The third kappa shape index (κ3) is 4.27. The standard InChI is InChI=1S/C16H23N3O3S.ClH/c17-11-12-1-3-13(4-2-12)16(20)18-14-7-9-19(10-8-14)23(21,22)15-5-6-15;/h1-4,14-15H,5-11,17H2,(H,18,20);1H. The van der Waals surface area contributed by atoms with Crippen molar-refractivity contribution in [2.45, 2.75) is 43.5 Å². The van der Waals surface area contributed by atoms with Crippen LogP contribution in [-0.4, -0.2) is 43.0 Å². The van der Waals surface area contributed by atoms with Gasteiger partial charge in [-0.25, -0.2) is 12.7 Å². The minimum absolute atomic E-state index is 0. The number of hydrogen-bond donors (Lipinski definition) is 2. The number of benzene rings is 1. The zero-order valence-corrected chi connectivity index (χ0v) is 15.1. The van der Waals surface area contributed by atoms with E-state index in [1.807, 2.05) is 12.1 Å². The highest BCUT2D eigenvalue weighted by molar-refractivity contribution is 7.90. The van der Waals surface area contributed by atoms with Crippen molar-refractivity contribution in [2.75, 3.05) is 13.1 Å². The molecule has 2 aliphatic rings. The second kappa shape index (κ2) is 7.82. The minimum Gasteiger partial charge on any atom is -0.349 e. The molecule has 0 bridgehead atoms. The van der Waals surface area contributed by atoms with Gasteiger partial charge in [0.2, 0.25) is 10.0 Å². The number of carbonyl (C=O) groups is 1. The van der Waals surface area contributed by atoms with Crippen LogP contribution in [0.3, 0.4) is 0 Å². The summed E-state index contributed by atoms with van der Waals surface area (Å²) < 4.78 is 26.0. The predicted molar refractivity (Wildman–Crippen MR) is 95.6 cm³/mol. The van der Waals surface area contributed by atoms with Gasteiger partial charge in [-0.05, 0) is 43.4 Å². The van der Waals surface area contributed by atoms with Crippen molar-refractivity contribution in [3.05, 3.63) is 35.4 Å². The van der Waals surface area contributed by atoms with Gasteiger partial charge in [-0.3, -0.25) is 4.79 Å². The van der Waals surface area contributed by atoms with Gasteiger partial charge in [-0.2, -0.15) is 0 Å². The van der Waals surface area contributed by atoms with Gasteiger partial charge in [0, 0.05) is 31.2 Å². The maximum atomic E-state index is 12.2. The Bertz CT molecular complexity index is 666. The van der Waals surface area contributed by atoms with Crippen molar-refractivity contribution >= 4 is 28.3 Å². The molecular weight excluding hydrogens is 350 g/mol. The molecule has 0 atom stereocenters. The number of rotatable bonds is 5. The maximum absolute atomic E-state index is 12.2. The molecule has 1 amide bonds. The lowest BCUT2D eigenvalue weighted by Crippen LogP contribution is -2.47. The minimum atomic E-state index is -3.09. The summed E-state index contributed by atoms with van der Waals surface area (Å²) in [5.41, 5.74) is 7.14. The second-order valence-corrected chi connectivity index (χ2v) is 8.51. The number of hydrogen-bond acceptors (Lipinski definition) is 4. The summed E-state index contributed by atoms with van der Waals surface area (Å²) in [4.78, 5) is 12.2. The highest BCUT2D eigenvalue weighted by atomic mass is 35.5. The highest BCUT2D eigenvalue weighted by Gasteiger charge is 2.41. The molecule has 1 saturated carbocycles. The van der Waals surface area contributed by atoms with Crippen LogP contribution in [0.5, 0.6) is 0 Å². The lowest BCUT2D eigenvalue weighted by atomic mass is 10.1. The molecule has 3 rings (SSSR count). The van der Waals surface area contributed by atoms with Gasteiger partial charge < -0.3 is 11.1 Å². The fourth-order valence-corrected chi connectivity index (χ4v) is 4.77. The summed E-state index contributed by atoms with van der Waals surface area (Å²) in [7, 11) is -3.09. The van der Waals surface area contributed by atoms with Crippen LogP contribution in [0, 0.1) is 0 Å². The molecule has 134 valence electrons. The second-order valence-electron chi connectivity index (χ2n) is 6.29. The number of nitrogens with two attached hydrogens (primary N) is 1. The largest absolute Gasteiger partial charge is 0.349 e. The Morgan fingerprint density at radius 2 is 1.71 bits per heavy atom. The molecule has 1 aromatic rings. The first-order valence-corrected chi connectivity index (χ1v) is 9.60. The van der Waals surface area contributed by atoms with Gasteiger partial charge in [-0.1, -0.05) is 12.1 Å². The van der Waals surface area contributed by atoms with Gasteiger partial charge in [0.15, 0.2) is 0 Å². The van der Waals surface area contributed by atoms with E-state index in [9.17, 15) is 13.2 Å². The molecule has 8 heteroatoms. The quantitative estimate of drug-likeness (QED) is 0.812.